The van der Waals surface area contributed by atoms with Crippen molar-refractivity contribution in [1.82, 2.24) is 34.1 Å². The molecule has 0 aliphatic carbocycles. The maximum atomic E-state index is 12.0. The summed E-state index contributed by atoms with van der Waals surface area (Å²) in [6.07, 6.45) is 5.60. The number of urea groups is 1. The minimum Gasteiger partial charge on any atom is -0.331 e. The van der Waals surface area contributed by atoms with Crippen molar-refractivity contribution in [2.45, 2.75) is 32.2 Å². The van der Waals surface area contributed by atoms with Gasteiger partial charge in [0, 0.05) is 52.5 Å². The number of nitrogens with zero attached hydrogens (tertiary/aromatic N) is 7. The third kappa shape index (κ3) is 3.13. The van der Waals surface area contributed by atoms with Crippen LogP contribution in [0.2, 0.25) is 0 Å². The van der Waals surface area contributed by atoms with Crippen LogP contribution in [0, 0.1) is 6.92 Å². The number of hydrogen-bond acceptors (Lipinski definition) is 4. The van der Waals surface area contributed by atoms with E-state index in [4.69, 9.17) is 0 Å². The van der Waals surface area contributed by atoms with Crippen LogP contribution in [0.4, 0.5) is 4.79 Å². The molecule has 8 nitrogen and oxygen atoms in total. The van der Waals surface area contributed by atoms with E-state index >= 15 is 0 Å². The van der Waals surface area contributed by atoms with Crippen molar-refractivity contribution in [2.24, 2.45) is 7.05 Å². The molecule has 2 aromatic rings. The largest absolute Gasteiger partial charge is 0.331 e. The van der Waals surface area contributed by atoms with Crippen LogP contribution in [0.3, 0.4) is 0 Å². The van der Waals surface area contributed by atoms with Crippen molar-refractivity contribution in [3.05, 3.63) is 29.9 Å². The number of amides is 2. The Bertz CT molecular complexity index is 710. The fourth-order valence-corrected chi connectivity index (χ4v) is 3.20. The Balaban J connectivity index is 1.67. The molecule has 0 N–H and O–H groups in total. The van der Waals surface area contributed by atoms with Crippen molar-refractivity contribution in [2.75, 3.05) is 27.2 Å². The molecule has 8 heteroatoms. The van der Waals surface area contributed by atoms with E-state index in [1.54, 1.807) is 25.2 Å². The summed E-state index contributed by atoms with van der Waals surface area (Å²) in [6.45, 7) is 4.19. The number of piperidine rings is 1. The zero-order valence-corrected chi connectivity index (χ0v) is 14.8. The molecule has 1 aliphatic heterocycles. The first-order valence-corrected chi connectivity index (χ1v) is 8.29. The molecule has 1 fully saturated rings. The summed E-state index contributed by atoms with van der Waals surface area (Å²) >= 11 is 0. The molecule has 3 rings (SSSR count). The molecule has 130 valence electrons. The second-order valence-corrected chi connectivity index (χ2v) is 6.57. The Morgan fingerprint density at radius 2 is 2.00 bits per heavy atom. The lowest BCUT2D eigenvalue weighted by Crippen LogP contribution is -2.43. The summed E-state index contributed by atoms with van der Waals surface area (Å²) in [5.41, 5.74) is 0. The first kappa shape index (κ1) is 16.5. The second kappa shape index (κ2) is 6.62. The molecule has 0 spiro atoms. The minimum absolute atomic E-state index is 0.0858. The summed E-state index contributed by atoms with van der Waals surface area (Å²) in [7, 11) is 5.61. The van der Waals surface area contributed by atoms with Crippen LogP contribution in [0.15, 0.2) is 12.4 Å². The molecule has 1 saturated heterocycles. The van der Waals surface area contributed by atoms with E-state index in [9.17, 15) is 4.79 Å². The lowest BCUT2D eigenvalue weighted by molar-refractivity contribution is 0.155. The Kier molecular flexibility index (Phi) is 4.55. The lowest BCUT2D eigenvalue weighted by Gasteiger charge is -2.33. The van der Waals surface area contributed by atoms with E-state index in [1.807, 2.05) is 25.1 Å². The number of carbonyl (C=O) groups is 1. The van der Waals surface area contributed by atoms with Gasteiger partial charge >= 0.3 is 6.03 Å². The summed E-state index contributed by atoms with van der Waals surface area (Å²) in [5.74, 6) is 3.26. The normalized spacial score (nSPS) is 15.8. The highest BCUT2D eigenvalue weighted by atomic mass is 16.2. The molecule has 1 aliphatic rings. The first-order chi connectivity index (χ1) is 11.5. The van der Waals surface area contributed by atoms with Crippen molar-refractivity contribution in [1.29, 1.82) is 0 Å². The van der Waals surface area contributed by atoms with Crippen LogP contribution >= 0.6 is 0 Å². The highest BCUT2D eigenvalue weighted by molar-refractivity contribution is 5.73. The molecule has 24 heavy (non-hydrogen) atoms. The molecule has 0 bridgehead atoms. The lowest BCUT2D eigenvalue weighted by atomic mass is 9.96. The van der Waals surface area contributed by atoms with Crippen molar-refractivity contribution >= 4 is 6.03 Å². The van der Waals surface area contributed by atoms with Crippen molar-refractivity contribution < 1.29 is 4.79 Å². The SMILES string of the molecule is Cc1nccn1Cc1nnc(C2CCN(C(=O)N(C)C)CC2)n1C. The monoisotopic (exact) mass is 331 g/mol. The number of imidazole rings is 1. The Morgan fingerprint density at radius 1 is 1.29 bits per heavy atom. The van der Waals surface area contributed by atoms with E-state index < -0.39 is 0 Å². The van der Waals surface area contributed by atoms with E-state index in [0.717, 1.165) is 43.4 Å². The Morgan fingerprint density at radius 3 is 2.58 bits per heavy atom. The van der Waals surface area contributed by atoms with E-state index in [1.165, 1.54) is 0 Å². The fraction of sp³-hybridized carbons (Fsp3) is 0.625. The van der Waals surface area contributed by atoms with Gasteiger partial charge in [-0.1, -0.05) is 0 Å². The van der Waals surface area contributed by atoms with E-state index in [0.29, 0.717) is 12.5 Å². The number of aryl methyl sites for hydroxylation is 1. The molecule has 3 heterocycles. The number of hydrogen-bond donors (Lipinski definition) is 0. The van der Waals surface area contributed by atoms with Gasteiger partial charge in [-0.3, -0.25) is 0 Å². The van der Waals surface area contributed by atoms with E-state index in [-0.39, 0.29) is 6.03 Å². The zero-order valence-electron chi connectivity index (χ0n) is 14.8. The van der Waals surface area contributed by atoms with Gasteiger partial charge in [-0.25, -0.2) is 9.78 Å². The molecule has 0 unspecified atom stereocenters. The molecule has 2 amide bonds. The zero-order chi connectivity index (χ0) is 17.3. The average Bonchev–Trinajstić information content (AvgIpc) is 3.14. The molecule has 2 aromatic heterocycles. The number of carbonyl (C=O) groups excluding carboxylic acids is 1. The predicted octanol–water partition coefficient (Wildman–Crippen LogP) is 1.23. The van der Waals surface area contributed by atoms with Crippen LogP contribution in [-0.2, 0) is 13.6 Å². The molecule has 0 saturated carbocycles. The van der Waals surface area contributed by atoms with Crippen LogP contribution < -0.4 is 0 Å². The quantitative estimate of drug-likeness (QED) is 0.848. The summed E-state index contributed by atoms with van der Waals surface area (Å²) in [6, 6.07) is 0.0858. The van der Waals surface area contributed by atoms with Gasteiger partial charge in [0.05, 0.1) is 6.54 Å². The number of likely N-dealkylation sites (tertiary alicyclic amines) is 1. The smallest absolute Gasteiger partial charge is 0.319 e. The minimum atomic E-state index is 0.0858. The van der Waals surface area contributed by atoms with Crippen molar-refractivity contribution in [3.63, 3.8) is 0 Å². The maximum Gasteiger partial charge on any atom is 0.319 e. The fourth-order valence-electron chi connectivity index (χ4n) is 3.20. The van der Waals surface area contributed by atoms with Gasteiger partial charge in [-0.15, -0.1) is 10.2 Å². The second-order valence-electron chi connectivity index (χ2n) is 6.57. The van der Waals surface area contributed by atoms with Crippen LogP contribution in [0.25, 0.3) is 0 Å². The maximum absolute atomic E-state index is 12.0. The summed E-state index contributed by atoms with van der Waals surface area (Å²) in [5, 5.41) is 8.78. The standard InChI is InChI=1S/C16H25N7O/c1-12-17-7-10-23(12)11-14-18-19-15(21(14)4)13-5-8-22(9-6-13)16(24)20(2)3/h7,10,13H,5-6,8-9,11H2,1-4H3. The summed E-state index contributed by atoms with van der Waals surface area (Å²) in [4.78, 5) is 19.8. The summed E-state index contributed by atoms with van der Waals surface area (Å²) < 4.78 is 4.15. The van der Waals surface area contributed by atoms with Crippen LogP contribution in [0.1, 0.15) is 36.2 Å². The van der Waals surface area contributed by atoms with Gasteiger partial charge in [-0.05, 0) is 19.8 Å². The van der Waals surface area contributed by atoms with Gasteiger partial charge in [0.15, 0.2) is 5.82 Å². The Hall–Kier alpha value is -2.38. The molecule has 0 atom stereocenters. The Labute approximate surface area is 142 Å². The molecule has 0 radical (unpaired) electrons. The topological polar surface area (TPSA) is 72.1 Å². The molecular formula is C16H25N7O. The van der Waals surface area contributed by atoms with E-state index in [2.05, 4.69) is 24.3 Å². The molecular weight excluding hydrogens is 306 g/mol. The van der Waals surface area contributed by atoms with Gasteiger partial charge in [0.1, 0.15) is 11.6 Å². The molecule has 0 aromatic carbocycles. The number of aromatic nitrogens is 5. The average molecular weight is 331 g/mol. The number of rotatable bonds is 3. The first-order valence-electron chi connectivity index (χ1n) is 8.29. The van der Waals surface area contributed by atoms with Gasteiger partial charge < -0.3 is 18.9 Å². The highest BCUT2D eigenvalue weighted by Gasteiger charge is 2.28. The van der Waals surface area contributed by atoms with Crippen LogP contribution in [0.5, 0.6) is 0 Å². The third-order valence-electron chi connectivity index (χ3n) is 4.75. The third-order valence-corrected chi connectivity index (χ3v) is 4.75. The van der Waals surface area contributed by atoms with Gasteiger partial charge in [-0.2, -0.15) is 0 Å². The predicted molar refractivity (Wildman–Crippen MR) is 89.7 cm³/mol. The van der Waals surface area contributed by atoms with Crippen LogP contribution in [-0.4, -0.2) is 67.3 Å². The highest BCUT2D eigenvalue weighted by Crippen LogP contribution is 2.27. The van der Waals surface area contributed by atoms with Crippen molar-refractivity contribution in [3.8, 4) is 0 Å². The van der Waals surface area contributed by atoms with Gasteiger partial charge in [0.25, 0.3) is 0 Å². The van der Waals surface area contributed by atoms with Gasteiger partial charge in [0.2, 0.25) is 0 Å².